The first-order chi connectivity index (χ1) is 7.19. The zero-order valence-electron chi connectivity index (χ0n) is 9.23. The number of methoxy groups -OCH3 is 1. The normalized spacial score (nSPS) is 11.0. The molecule has 15 heavy (non-hydrogen) atoms. The van der Waals surface area contributed by atoms with E-state index in [9.17, 15) is 4.79 Å². The lowest BCUT2D eigenvalue weighted by Crippen LogP contribution is -2.04. The largest absolute Gasteiger partial charge is 0.496 e. The van der Waals surface area contributed by atoms with E-state index in [1.165, 1.54) is 0 Å². The molecule has 0 atom stereocenters. The Hall–Kier alpha value is -1.77. The summed E-state index contributed by atoms with van der Waals surface area (Å²) in [5.74, 6) is 0.706. The highest BCUT2D eigenvalue weighted by Gasteiger charge is 2.06. The zero-order valence-corrected chi connectivity index (χ0v) is 9.23. The van der Waals surface area contributed by atoms with Crippen LogP contribution in [0.3, 0.4) is 0 Å². The van der Waals surface area contributed by atoms with Crippen molar-refractivity contribution in [3.05, 3.63) is 36.0 Å². The summed E-state index contributed by atoms with van der Waals surface area (Å²) in [7, 11) is 5.34. The van der Waals surface area contributed by atoms with Crippen LogP contribution >= 0.6 is 0 Å². The Morgan fingerprint density at radius 3 is 2.53 bits per heavy atom. The van der Waals surface area contributed by atoms with E-state index in [0.717, 1.165) is 11.8 Å². The number of para-hydroxylation sites is 1. The van der Waals surface area contributed by atoms with Gasteiger partial charge in [0.15, 0.2) is 6.29 Å². The topological polar surface area (TPSA) is 29.5 Å². The summed E-state index contributed by atoms with van der Waals surface area (Å²) >= 11 is 0. The molecule has 3 nitrogen and oxygen atoms in total. The lowest BCUT2D eigenvalue weighted by Gasteiger charge is -2.10. The lowest BCUT2D eigenvalue weighted by atomic mass is 10.1. The van der Waals surface area contributed by atoms with Crippen LogP contribution in [0.4, 0.5) is 0 Å². The number of carbonyl (C=O) groups excluding carboxylic acids is 1. The average molecular weight is 205 g/mol. The molecule has 0 saturated carbocycles. The van der Waals surface area contributed by atoms with Crippen LogP contribution in [-0.4, -0.2) is 32.4 Å². The van der Waals surface area contributed by atoms with Crippen molar-refractivity contribution in [3.63, 3.8) is 0 Å². The summed E-state index contributed by atoms with van der Waals surface area (Å²) in [4.78, 5) is 12.8. The first-order valence-electron chi connectivity index (χ1n) is 4.66. The number of hydrogen-bond donors (Lipinski definition) is 0. The molecule has 3 heteroatoms. The second kappa shape index (κ2) is 5.20. The molecule has 0 bridgehead atoms. The van der Waals surface area contributed by atoms with E-state index in [4.69, 9.17) is 4.74 Å². The molecule has 0 aromatic heterocycles. The van der Waals surface area contributed by atoms with Gasteiger partial charge in [-0.05, 0) is 6.07 Å². The van der Waals surface area contributed by atoms with Crippen molar-refractivity contribution in [2.24, 2.45) is 0 Å². The maximum atomic E-state index is 11.0. The van der Waals surface area contributed by atoms with E-state index in [2.05, 4.69) is 0 Å². The molecule has 0 aliphatic carbocycles. The number of benzene rings is 1. The highest BCUT2D eigenvalue weighted by Crippen LogP contribution is 2.24. The van der Waals surface area contributed by atoms with Crippen LogP contribution in [0.5, 0.6) is 5.75 Å². The number of carbonyl (C=O) groups is 1. The van der Waals surface area contributed by atoms with E-state index in [-0.39, 0.29) is 0 Å². The van der Waals surface area contributed by atoms with E-state index < -0.39 is 0 Å². The SMILES string of the molecule is COc1ccccc1/C(C=O)=C/N(C)C. The van der Waals surface area contributed by atoms with Crippen LogP contribution in [0.1, 0.15) is 5.56 Å². The molecule has 0 radical (unpaired) electrons. The van der Waals surface area contributed by atoms with Gasteiger partial charge in [0.25, 0.3) is 0 Å². The summed E-state index contributed by atoms with van der Waals surface area (Å²) < 4.78 is 5.19. The van der Waals surface area contributed by atoms with Gasteiger partial charge in [-0.25, -0.2) is 0 Å². The van der Waals surface area contributed by atoms with Gasteiger partial charge in [-0.15, -0.1) is 0 Å². The summed E-state index contributed by atoms with van der Waals surface area (Å²) in [5, 5.41) is 0. The van der Waals surface area contributed by atoms with Crippen molar-refractivity contribution in [3.8, 4) is 5.75 Å². The van der Waals surface area contributed by atoms with Crippen LogP contribution in [0, 0.1) is 0 Å². The summed E-state index contributed by atoms with van der Waals surface area (Å²) in [6.07, 6.45) is 2.60. The van der Waals surface area contributed by atoms with Gasteiger partial charge in [0.2, 0.25) is 0 Å². The third-order valence-electron chi connectivity index (χ3n) is 1.94. The van der Waals surface area contributed by atoms with Gasteiger partial charge in [-0.2, -0.15) is 0 Å². The second-order valence-electron chi connectivity index (χ2n) is 3.37. The van der Waals surface area contributed by atoms with E-state index in [1.54, 1.807) is 13.3 Å². The predicted molar refractivity (Wildman–Crippen MR) is 60.7 cm³/mol. The summed E-state index contributed by atoms with van der Waals surface area (Å²) in [6.45, 7) is 0. The third-order valence-corrected chi connectivity index (χ3v) is 1.94. The van der Waals surface area contributed by atoms with Crippen molar-refractivity contribution in [2.45, 2.75) is 0 Å². The maximum Gasteiger partial charge on any atom is 0.152 e. The minimum Gasteiger partial charge on any atom is -0.496 e. The van der Waals surface area contributed by atoms with Gasteiger partial charge in [0.1, 0.15) is 5.75 Å². The molecule has 0 unspecified atom stereocenters. The number of aldehydes is 1. The highest BCUT2D eigenvalue weighted by atomic mass is 16.5. The van der Waals surface area contributed by atoms with Crippen molar-refractivity contribution in [1.82, 2.24) is 4.90 Å². The molecule has 0 aliphatic rings. The molecular weight excluding hydrogens is 190 g/mol. The van der Waals surface area contributed by atoms with Gasteiger partial charge >= 0.3 is 0 Å². The second-order valence-corrected chi connectivity index (χ2v) is 3.37. The van der Waals surface area contributed by atoms with E-state index in [0.29, 0.717) is 11.3 Å². The Morgan fingerprint density at radius 2 is 2.00 bits per heavy atom. The van der Waals surface area contributed by atoms with Gasteiger partial charge in [-0.3, -0.25) is 4.79 Å². The van der Waals surface area contributed by atoms with Crippen LogP contribution < -0.4 is 4.74 Å². The van der Waals surface area contributed by atoms with Crippen molar-refractivity contribution in [1.29, 1.82) is 0 Å². The van der Waals surface area contributed by atoms with Crippen LogP contribution in [-0.2, 0) is 4.79 Å². The molecule has 0 N–H and O–H groups in total. The number of allylic oxidation sites excluding steroid dienone is 1. The molecule has 1 aromatic carbocycles. The quantitative estimate of drug-likeness (QED) is 0.554. The Morgan fingerprint density at radius 1 is 1.33 bits per heavy atom. The molecule has 0 spiro atoms. The van der Waals surface area contributed by atoms with Crippen LogP contribution in [0.15, 0.2) is 30.5 Å². The Kier molecular flexibility index (Phi) is 3.92. The van der Waals surface area contributed by atoms with Crippen molar-refractivity contribution >= 4 is 11.9 Å². The molecular formula is C12H15NO2. The minimum absolute atomic E-state index is 0.609. The van der Waals surface area contributed by atoms with E-state index in [1.807, 2.05) is 43.3 Å². The fourth-order valence-electron chi connectivity index (χ4n) is 1.32. The standard InChI is InChI=1S/C12H15NO2/c1-13(2)8-10(9-14)11-6-4-5-7-12(11)15-3/h4-9H,1-3H3/b10-8+. The van der Waals surface area contributed by atoms with Crippen LogP contribution in [0.2, 0.25) is 0 Å². The van der Waals surface area contributed by atoms with Gasteiger partial charge in [-0.1, -0.05) is 18.2 Å². The monoisotopic (exact) mass is 205 g/mol. The molecule has 0 fully saturated rings. The zero-order chi connectivity index (χ0) is 11.3. The fraction of sp³-hybridized carbons (Fsp3) is 0.250. The summed E-state index contributed by atoms with van der Waals surface area (Å²) in [5.41, 5.74) is 1.42. The number of hydrogen-bond acceptors (Lipinski definition) is 3. The first-order valence-corrected chi connectivity index (χ1v) is 4.66. The average Bonchev–Trinajstić information content (AvgIpc) is 2.25. The summed E-state index contributed by atoms with van der Waals surface area (Å²) in [6, 6.07) is 7.45. The smallest absolute Gasteiger partial charge is 0.152 e. The lowest BCUT2D eigenvalue weighted by molar-refractivity contribution is -0.103. The first kappa shape index (κ1) is 11.3. The van der Waals surface area contributed by atoms with Crippen molar-refractivity contribution < 1.29 is 9.53 Å². The molecule has 80 valence electrons. The Bertz CT molecular complexity index is 370. The number of nitrogens with zero attached hydrogens (tertiary/aromatic N) is 1. The molecule has 1 rings (SSSR count). The number of ether oxygens (including phenoxy) is 1. The van der Waals surface area contributed by atoms with Gasteiger partial charge in [0.05, 0.1) is 7.11 Å². The maximum absolute atomic E-state index is 11.0. The highest BCUT2D eigenvalue weighted by molar-refractivity contribution is 6.07. The fourth-order valence-corrected chi connectivity index (χ4v) is 1.32. The minimum atomic E-state index is 0.609. The van der Waals surface area contributed by atoms with Gasteiger partial charge < -0.3 is 9.64 Å². The van der Waals surface area contributed by atoms with E-state index >= 15 is 0 Å². The number of rotatable bonds is 4. The van der Waals surface area contributed by atoms with Crippen LogP contribution in [0.25, 0.3) is 5.57 Å². The molecule has 0 amide bonds. The molecule has 0 aliphatic heterocycles. The third kappa shape index (κ3) is 2.84. The Labute approximate surface area is 90.0 Å². The van der Waals surface area contributed by atoms with Gasteiger partial charge in [0, 0.05) is 31.4 Å². The predicted octanol–water partition coefficient (Wildman–Crippen LogP) is 1.80. The van der Waals surface area contributed by atoms with Crippen molar-refractivity contribution in [2.75, 3.05) is 21.2 Å². The molecule has 0 saturated heterocycles. The molecule has 1 aromatic rings. The Balaban J connectivity index is 3.17. The molecule has 0 heterocycles.